The normalized spacial score (nSPS) is 15.2. The molecule has 2 heterocycles. The molecule has 0 saturated carbocycles. The van der Waals surface area contributed by atoms with Crippen molar-refractivity contribution in [1.82, 2.24) is 15.1 Å². The lowest BCUT2D eigenvalue weighted by Crippen LogP contribution is -2.42. The zero-order valence-corrected chi connectivity index (χ0v) is 19.4. The van der Waals surface area contributed by atoms with Crippen LogP contribution in [0, 0.1) is 12.8 Å². The van der Waals surface area contributed by atoms with Crippen molar-refractivity contribution in [1.29, 1.82) is 0 Å². The van der Waals surface area contributed by atoms with Crippen molar-refractivity contribution in [2.45, 2.75) is 39.7 Å². The molecule has 1 fully saturated rings. The summed E-state index contributed by atoms with van der Waals surface area (Å²) in [5.74, 6) is 0.799. The summed E-state index contributed by atoms with van der Waals surface area (Å²) in [5, 5.41) is 10.8. The maximum atomic E-state index is 12.9. The predicted octanol–water partition coefficient (Wildman–Crippen LogP) is 4.23. The highest BCUT2D eigenvalue weighted by molar-refractivity contribution is 5.93. The number of carbonyl (C=O) groups is 2. The predicted molar refractivity (Wildman–Crippen MR) is 131 cm³/mol. The van der Waals surface area contributed by atoms with Crippen LogP contribution in [0.25, 0.3) is 5.69 Å². The molecule has 2 N–H and O–H groups in total. The number of nitrogens with one attached hydrogen (secondary N) is 2. The number of rotatable bonds is 6. The van der Waals surface area contributed by atoms with Gasteiger partial charge in [0.2, 0.25) is 11.8 Å². The number of anilines is 2. The highest BCUT2D eigenvalue weighted by atomic mass is 16.2. The Kier molecular flexibility index (Phi) is 6.77. The molecule has 33 heavy (non-hydrogen) atoms. The Morgan fingerprint density at radius 3 is 2.21 bits per heavy atom. The fraction of sp³-hybridized carbons (Fsp3) is 0.346. The zero-order chi connectivity index (χ0) is 23.4. The molecule has 7 heteroatoms. The van der Waals surface area contributed by atoms with Crippen LogP contribution in [-0.4, -0.2) is 34.7 Å². The van der Waals surface area contributed by atoms with Gasteiger partial charge < -0.3 is 15.5 Å². The number of aryl methyl sites for hydroxylation is 1. The third-order valence-corrected chi connectivity index (χ3v) is 6.16. The lowest BCUT2D eigenvalue weighted by molar-refractivity contribution is -0.126. The zero-order valence-electron chi connectivity index (χ0n) is 19.4. The van der Waals surface area contributed by atoms with Crippen molar-refractivity contribution in [2.75, 3.05) is 23.3 Å². The first kappa shape index (κ1) is 22.6. The van der Waals surface area contributed by atoms with Crippen molar-refractivity contribution in [3.05, 3.63) is 71.9 Å². The van der Waals surface area contributed by atoms with Crippen LogP contribution in [0.5, 0.6) is 0 Å². The fourth-order valence-corrected chi connectivity index (χ4v) is 4.39. The summed E-state index contributed by atoms with van der Waals surface area (Å²) >= 11 is 0. The fourth-order valence-electron chi connectivity index (χ4n) is 4.39. The topological polar surface area (TPSA) is 79.3 Å². The number of benzene rings is 2. The Morgan fingerprint density at radius 2 is 1.61 bits per heavy atom. The minimum absolute atomic E-state index is 0.0229. The van der Waals surface area contributed by atoms with Gasteiger partial charge in [0, 0.05) is 25.9 Å². The average Bonchev–Trinajstić information content (AvgIpc) is 3.15. The molecule has 0 spiro atoms. The second-order valence-electron chi connectivity index (χ2n) is 8.61. The highest BCUT2D eigenvalue weighted by Gasteiger charge is 2.30. The van der Waals surface area contributed by atoms with Gasteiger partial charge in [-0.15, -0.1) is 0 Å². The van der Waals surface area contributed by atoms with Gasteiger partial charge in [0.05, 0.1) is 17.4 Å². The molecule has 0 bridgehead atoms. The molecule has 1 aliphatic rings. The van der Waals surface area contributed by atoms with E-state index in [1.54, 1.807) is 0 Å². The van der Waals surface area contributed by atoms with Crippen LogP contribution in [0.2, 0.25) is 0 Å². The van der Waals surface area contributed by atoms with E-state index in [0.29, 0.717) is 13.1 Å². The Labute approximate surface area is 194 Å². The van der Waals surface area contributed by atoms with Crippen LogP contribution in [-0.2, 0) is 9.59 Å². The van der Waals surface area contributed by atoms with Crippen molar-refractivity contribution >= 4 is 23.3 Å². The van der Waals surface area contributed by atoms with Gasteiger partial charge in [-0.05, 0) is 44.4 Å². The van der Waals surface area contributed by atoms with E-state index in [0.717, 1.165) is 41.3 Å². The van der Waals surface area contributed by atoms with E-state index < -0.39 is 0 Å². The Balaban J connectivity index is 1.50. The highest BCUT2D eigenvalue weighted by Crippen LogP contribution is 2.35. The molecule has 7 nitrogen and oxygen atoms in total. The minimum Gasteiger partial charge on any atom is -0.355 e. The molecule has 2 amide bonds. The third-order valence-electron chi connectivity index (χ3n) is 6.16. The third kappa shape index (κ3) is 5.08. The summed E-state index contributed by atoms with van der Waals surface area (Å²) < 4.78 is 1.89. The first-order valence-electron chi connectivity index (χ1n) is 11.5. The van der Waals surface area contributed by atoms with Gasteiger partial charge in [-0.3, -0.25) is 9.59 Å². The summed E-state index contributed by atoms with van der Waals surface area (Å²) in [7, 11) is 0. The summed E-state index contributed by atoms with van der Waals surface area (Å²) in [6, 6.07) is 19.9. The second-order valence-corrected chi connectivity index (χ2v) is 8.61. The number of hydrogen-bond acceptors (Lipinski definition) is 4. The maximum absolute atomic E-state index is 12.9. The van der Waals surface area contributed by atoms with Gasteiger partial charge in [0.15, 0.2) is 5.82 Å². The SMILES string of the molecule is CC(=O)Nc1c(C)nn(-c2ccccc2)c1N1CCC(C(=O)NC(C)c2ccccc2)CC1. The average molecular weight is 446 g/mol. The Bertz CT molecular complexity index is 1100. The Hall–Kier alpha value is -3.61. The number of amides is 2. The molecule has 1 aromatic heterocycles. The van der Waals surface area contributed by atoms with E-state index in [-0.39, 0.29) is 23.8 Å². The minimum atomic E-state index is -0.129. The quantitative estimate of drug-likeness (QED) is 0.595. The van der Waals surface area contributed by atoms with Crippen molar-refractivity contribution in [2.24, 2.45) is 5.92 Å². The van der Waals surface area contributed by atoms with Gasteiger partial charge >= 0.3 is 0 Å². The van der Waals surface area contributed by atoms with Crippen LogP contribution >= 0.6 is 0 Å². The van der Waals surface area contributed by atoms with Crippen LogP contribution in [0.4, 0.5) is 11.5 Å². The number of aromatic nitrogens is 2. The molecule has 3 aromatic rings. The molecule has 4 rings (SSSR count). The van der Waals surface area contributed by atoms with E-state index in [9.17, 15) is 9.59 Å². The summed E-state index contributed by atoms with van der Waals surface area (Å²) in [4.78, 5) is 27.0. The van der Waals surface area contributed by atoms with Crippen LogP contribution in [0.1, 0.15) is 44.0 Å². The van der Waals surface area contributed by atoms with E-state index in [1.807, 2.05) is 79.2 Å². The number of piperidine rings is 1. The molecular formula is C26H31N5O2. The van der Waals surface area contributed by atoms with Gasteiger partial charge in [0.25, 0.3) is 0 Å². The second kappa shape index (κ2) is 9.90. The van der Waals surface area contributed by atoms with E-state index in [1.165, 1.54) is 6.92 Å². The smallest absolute Gasteiger partial charge is 0.223 e. The monoisotopic (exact) mass is 445 g/mol. The molecule has 172 valence electrons. The van der Waals surface area contributed by atoms with Gasteiger partial charge in [0.1, 0.15) is 5.69 Å². The number of hydrogen-bond donors (Lipinski definition) is 2. The molecule has 1 unspecified atom stereocenters. The first-order valence-corrected chi connectivity index (χ1v) is 11.5. The summed E-state index contributed by atoms with van der Waals surface area (Å²) in [6.45, 7) is 6.85. The van der Waals surface area contributed by atoms with Crippen molar-refractivity contribution < 1.29 is 9.59 Å². The van der Waals surface area contributed by atoms with E-state index in [2.05, 4.69) is 15.5 Å². The molecule has 1 aliphatic heterocycles. The lowest BCUT2D eigenvalue weighted by atomic mass is 9.95. The standard InChI is InChI=1S/C26H31N5O2/c1-18(21-10-6-4-7-11-21)27-25(33)22-14-16-30(17-15-22)26-24(28-20(3)32)19(2)29-31(26)23-12-8-5-9-13-23/h4-13,18,22H,14-17H2,1-3H3,(H,27,33)(H,28,32). The first-order chi connectivity index (χ1) is 15.9. The van der Waals surface area contributed by atoms with Gasteiger partial charge in [-0.1, -0.05) is 48.5 Å². The molecule has 2 aromatic carbocycles. The molecular weight excluding hydrogens is 414 g/mol. The van der Waals surface area contributed by atoms with E-state index >= 15 is 0 Å². The van der Waals surface area contributed by atoms with Crippen molar-refractivity contribution in [3.63, 3.8) is 0 Å². The number of para-hydroxylation sites is 1. The van der Waals surface area contributed by atoms with Crippen LogP contribution in [0.3, 0.4) is 0 Å². The van der Waals surface area contributed by atoms with Gasteiger partial charge in [-0.2, -0.15) is 5.10 Å². The summed E-state index contributed by atoms with van der Waals surface area (Å²) in [5.41, 5.74) is 3.53. The van der Waals surface area contributed by atoms with E-state index in [4.69, 9.17) is 5.10 Å². The largest absolute Gasteiger partial charge is 0.355 e. The molecule has 1 saturated heterocycles. The summed E-state index contributed by atoms with van der Waals surface area (Å²) in [6.07, 6.45) is 1.48. The number of carbonyl (C=O) groups excluding carboxylic acids is 2. The molecule has 1 atom stereocenters. The lowest BCUT2D eigenvalue weighted by Gasteiger charge is -2.34. The van der Waals surface area contributed by atoms with Crippen molar-refractivity contribution in [3.8, 4) is 5.69 Å². The van der Waals surface area contributed by atoms with Crippen LogP contribution < -0.4 is 15.5 Å². The van der Waals surface area contributed by atoms with Crippen LogP contribution in [0.15, 0.2) is 60.7 Å². The molecule has 0 aliphatic carbocycles. The Morgan fingerprint density at radius 1 is 1.00 bits per heavy atom. The van der Waals surface area contributed by atoms with Gasteiger partial charge in [-0.25, -0.2) is 4.68 Å². The number of nitrogens with zero attached hydrogens (tertiary/aromatic N) is 3. The maximum Gasteiger partial charge on any atom is 0.223 e. The molecule has 0 radical (unpaired) electrons.